The molecule has 0 N–H and O–H groups in total. The van der Waals surface area contributed by atoms with Crippen LogP contribution in [-0.4, -0.2) is 22.8 Å². The van der Waals surface area contributed by atoms with Crippen LogP contribution in [-0.2, 0) is 6.54 Å². The lowest BCUT2D eigenvalue weighted by Crippen LogP contribution is -2.26. The monoisotopic (exact) mass is 338 g/mol. The van der Waals surface area contributed by atoms with Gasteiger partial charge in [0.05, 0.1) is 17.1 Å². The van der Waals surface area contributed by atoms with Gasteiger partial charge in [-0.05, 0) is 47.5 Å². The second-order valence-electron chi connectivity index (χ2n) is 4.49. The van der Waals surface area contributed by atoms with Gasteiger partial charge in [-0.15, -0.1) is 11.3 Å². The Bertz CT molecular complexity index is 609. The van der Waals surface area contributed by atoms with Gasteiger partial charge >= 0.3 is 0 Å². The Hall–Kier alpha value is -1.20. The number of benzene rings is 1. The molecule has 100 valence electrons. The van der Waals surface area contributed by atoms with Gasteiger partial charge in [-0.1, -0.05) is 6.07 Å². The molecule has 1 aromatic heterocycles. The summed E-state index contributed by atoms with van der Waals surface area (Å²) in [6.45, 7) is 4.56. The maximum Gasteiger partial charge on any atom is 0.255 e. The average Bonchev–Trinajstić information content (AvgIpc) is 2.74. The Kier molecular flexibility index (Phi) is 4.37. The lowest BCUT2D eigenvalue weighted by atomic mass is 10.1. The fraction of sp³-hybridized carbons (Fsp3) is 0.286. The highest BCUT2D eigenvalue weighted by atomic mass is 79.9. The van der Waals surface area contributed by atoms with E-state index in [-0.39, 0.29) is 5.91 Å². The standard InChI is InChI=1S/C14H15BrN2OS/c1-9-4-5-12(13(15)6-9)14(18)17(3)8-11-7-16-10(2)19-11/h4-7H,8H2,1-3H3. The molecule has 0 unspecified atom stereocenters. The van der Waals surface area contributed by atoms with Gasteiger partial charge in [-0.3, -0.25) is 4.79 Å². The number of carbonyl (C=O) groups is 1. The highest BCUT2D eigenvalue weighted by Gasteiger charge is 2.15. The van der Waals surface area contributed by atoms with Crippen LogP contribution in [0.2, 0.25) is 0 Å². The summed E-state index contributed by atoms with van der Waals surface area (Å²) in [5, 5.41) is 1.02. The van der Waals surface area contributed by atoms with Gasteiger partial charge in [-0.25, -0.2) is 4.98 Å². The van der Waals surface area contributed by atoms with Crippen LogP contribution in [0.3, 0.4) is 0 Å². The number of rotatable bonds is 3. The van der Waals surface area contributed by atoms with E-state index in [1.807, 2.05) is 45.3 Å². The molecule has 19 heavy (non-hydrogen) atoms. The number of aromatic nitrogens is 1. The zero-order chi connectivity index (χ0) is 14.0. The Morgan fingerprint density at radius 3 is 2.74 bits per heavy atom. The fourth-order valence-corrected chi connectivity index (χ4v) is 3.29. The summed E-state index contributed by atoms with van der Waals surface area (Å²) in [5.41, 5.74) is 1.82. The molecule has 1 aromatic carbocycles. The third kappa shape index (κ3) is 3.42. The number of thiazole rings is 1. The van der Waals surface area contributed by atoms with Gasteiger partial charge in [0.15, 0.2) is 0 Å². The van der Waals surface area contributed by atoms with Gasteiger partial charge in [0.1, 0.15) is 0 Å². The van der Waals surface area contributed by atoms with Crippen LogP contribution >= 0.6 is 27.3 Å². The number of halogens is 1. The molecule has 0 aliphatic carbocycles. The molecule has 0 aliphatic rings. The van der Waals surface area contributed by atoms with Crippen molar-refractivity contribution in [2.45, 2.75) is 20.4 Å². The Balaban J connectivity index is 2.14. The highest BCUT2D eigenvalue weighted by Crippen LogP contribution is 2.21. The van der Waals surface area contributed by atoms with E-state index in [9.17, 15) is 4.79 Å². The van der Waals surface area contributed by atoms with Crippen LogP contribution in [0.4, 0.5) is 0 Å². The van der Waals surface area contributed by atoms with Crippen LogP contribution < -0.4 is 0 Å². The maximum absolute atomic E-state index is 12.4. The van der Waals surface area contributed by atoms with E-state index in [0.717, 1.165) is 19.9 Å². The van der Waals surface area contributed by atoms with E-state index >= 15 is 0 Å². The molecule has 0 radical (unpaired) electrons. The molecule has 2 rings (SSSR count). The topological polar surface area (TPSA) is 33.2 Å². The van der Waals surface area contributed by atoms with E-state index in [2.05, 4.69) is 20.9 Å². The van der Waals surface area contributed by atoms with Gasteiger partial charge < -0.3 is 4.90 Å². The van der Waals surface area contributed by atoms with Crippen LogP contribution in [0.15, 0.2) is 28.9 Å². The Morgan fingerprint density at radius 1 is 1.42 bits per heavy atom. The molecule has 0 bridgehead atoms. The molecule has 0 aliphatic heterocycles. The first-order chi connectivity index (χ1) is 8.97. The average molecular weight is 339 g/mol. The predicted molar refractivity (Wildman–Crippen MR) is 81.5 cm³/mol. The summed E-state index contributed by atoms with van der Waals surface area (Å²) in [6.07, 6.45) is 1.83. The second kappa shape index (κ2) is 5.84. The van der Waals surface area contributed by atoms with E-state index in [1.165, 1.54) is 0 Å². The van der Waals surface area contributed by atoms with Crippen molar-refractivity contribution in [1.82, 2.24) is 9.88 Å². The molecular weight excluding hydrogens is 324 g/mol. The van der Waals surface area contributed by atoms with Crippen molar-refractivity contribution in [1.29, 1.82) is 0 Å². The normalized spacial score (nSPS) is 10.5. The summed E-state index contributed by atoms with van der Waals surface area (Å²) < 4.78 is 0.838. The van der Waals surface area contributed by atoms with E-state index in [0.29, 0.717) is 12.1 Å². The zero-order valence-corrected chi connectivity index (χ0v) is 13.5. The molecule has 1 amide bonds. The van der Waals surface area contributed by atoms with Crippen molar-refractivity contribution < 1.29 is 4.79 Å². The number of hydrogen-bond donors (Lipinski definition) is 0. The Morgan fingerprint density at radius 2 is 2.16 bits per heavy atom. The maximum atomic E-state index is 12.4. The van der Waals surface area contributed by atoms with Crippen molar-refractivity contribution >= 4 is 33.2 Å². The van der Waals surface area contributed by atoms with Crippen LogP contribution in [0.1, 0.15) is 25.8 Å². The quantitative estimate of drug-likeness (QED) is 0.852. The molecule has 0 spiro atoms. The summed E-state index contributed by atoms with van der Waals surface area (Å²) in [5.74, 6) is 0.0120. The van der Waals surface area contributed by atoms with Gasteiger partial charge in [0, 0.05) is 22.6 Å². The molecule has 2 aromatic rings. The minimum Gasteiger partial charge on any atom is -0.336 e. The largest absolute Gasteiger partial charge is 0.336 e. The first-order valence-corrected chi connectivity index (χ1v) is 7.51. The van der Waals surface area contributed by atoms with Crippen LogP contribution in [0.5, 0.6) is 0 Å². The molecule has 3 nitrogen and oxygen atoms in total. The number of carbonyl (C=O) groups excluding carboxylic acids is 1. The van der Waals surface area contributed by atoms with Gasteiger partial charge in [0.25, 0.3) is 5.91 Å². The molecule has 0 atom stereocenters. The minimum atomic E-state index is 0.0120. The molecule has 0 fully saturated rings. The molecule has 0 saturated carbocycles. The van der Waals surface area contributed by atoms with Gasteiger partial charge in [-0.2, -0.15) is 0 Å². The van der Waals surface area contributed by atoms with Crippen molar-refractivity contribution in [3.63, 3.8) is 0 Å². The van der Waals surface area contributed by atoms with Crippen molar-refractivity contribution in [3.05, 3.63) is 49.9 Å². The Labute approximate surface area is 125 Å². The van der Waals surface area contributed by atoms with Crippen molar-refractivity contribution in [3.8, 4) is 0 Å². The zero-order valence-electron chi connectivity index (χ0n) is 11.1. The number of hydrogen-bond acceptors (Lipinski definition) is 3. The fourth-order valence-electron chi connectivity index (χ4n) is 1.78. The number of aryl methyl sites for hydroxylation is 2. The predicted octanol–water partition coefficient (Wildman–Crippen LogP) is 3.79. The molecule has 5 heteroatoms. The van der Waals surface area contributed by atoms with Crippen molar-refractivity contribution in [2.24, 2.45) is 0 Å². The van der Waals surface area contributed by atoms with E-state index < -0.39 is 0 Å². The first kappa shape index (κ1) is 14.2. The lowest BCUT2D eigenvalue weighted by Gasteiger charge is -2.17. The third-order valence-corrected chi connectivity index (χ3v) is 4.32. The summed E-state index contributed by atoms with van der Waals surface area (Å²) in [6, 6.07) is 5.76. The first-order valence-electron chi connectivity index (χ1n) is 5.90. The number of amides is 1. The molecule has 0 saturated heterocycles. The SMILES string of the molecule is Cc1ccc(C(=O)N(C)Cc2cnc(C)s2)c(Br)c1. The lowest BCUT2D eigenvalue weighted by molar-refractivity contribution is 0.0785. The summed E-state index contributed by atoms with van der Waals surface area (Å²) in [4.78, 5) is 19.4. The van der Waals surface area contributed by atoms with Crippen molar-refractivity contribution in [2.75, 3.05) is 7.05 Å². The van der Waals surface area contributed by atoms with Gasteiger partial charge in [0.2, 0.25) is 0 Å². The summed E-state index contributed by atoms with van der Waals surface area (Å²) >= 11 is 5.07. The highest BCUT2D eigenvalue weighted by molar-refractivity contribution is 9.10. The second-order valence-corrected chi connectivity index (χ2v) is 6.66. The number of nitrogens with zero attached hydrogens (tertiary/aromatic N) is 2. The molecular formula is C14H15BrN2OS. The minimum absolute atomic E-state index is 0.0120. The van der Waals surface area contributed by atoms with Crippen LogP contribution in [0, 0.1) is 13.8 Å². The van der Waals surface area contributed by atoms with E-state index in [4.69, 9.17) is 0 Å². The third-order valence-electron chi connectivity index (χ3n) is 2.76. The molecule has 1 heterocycles. The smallest absolute Gasteiger partial charge is 0.255 e. The van der Waals surface area contributed by atoms with Crippen LogP contribution in [0.25, 0.3) is 0 Å². The van der Waals surface area contributed by atoms with E-state index in [1.54, 1.807) is 16.2 Å². The summed E-state index contributed by atoms with van der Waals surface area (Å²) in [7, 11) is 1.81.